The van der Waals surface area contributed by atoms with E-state index in [9.17, 15) is 0 Å². The molecule has 13 heavy (non-hydrogen) atoms. The monoisotopic (exact) mass is 181 g/mol. The number of rotatable bonds is 1. The van der Waals surface area contributed by atoms with Gasteiger partial charge in [-0.05, 0) is 19.4 Å². The standard InChI is InChI=1S/C8H10O.C2H4O2/c1-7-2-4-8(6-9)5-3-7;1-2(3)4/h2-5,9H,6H2,1H3;1H3,(H,3,4)/p-1. The van der Waals surface area contributed by atoms with Crippen LogP contribution in [0.1, 0.15) is 18.1 Å². The predicted molar refractivity (Wildman–Crippen MR) is 47.8 cm³/mol. The van der Waals surface area contributed by atoms with Crippen molar-refractivity contribution in [3.05, 3.63) is 35.4 Å². The molecule has 0 saturated carbocycles. The average Bonchev–Trinajstić information content (AvgIpc) is 2.05. The summed E-state index contributed by atoms with van der Waals surface area (Å²) in [6.07, 6.45) is 0. The Hall–Kier alpha value is -1.35. The van der Waals surface area contributed by atoms with Gasteiger partial charge in [-0.15, -0.1) is 0 Å². The Bertz CT molecular complexity index is 247. The molecular weight excluding hydrogens is 168 g/mol. The van der Waals surface area contributed by atoms with Gasteiger partial charge in [-0.2, -0.15) is 0 Å². The van der Waals surface area contributed by atoms with Gasteiger partial charge in [0.1, 0.15) is 0 Å². The lowest BCUT2D eigenvalue weighted by molar-refractivity contribution is -0.302. The quantitative estimate of drug-likeness (QED) is 0.675. The molecule has 0 bridgehead atoms. The summed E-state index contributed by atoms with van der Waals surface area (Å²) in [6.45, 7) is 3.14. The van der Waals surface area contributed by atoms with Crippen molar-refractivity contribution in [2.24, 2.45) is 0 Å². The maximum absolute atomic E-state index is 8.89. The lowest BCUT2D eigenvalue weighted by Gasteiger charge is -1.93. The van der Waals surface area contributed by atoms with Crippen molar-refractivity contribution < 1.29 is 15.0 Å². The fourth-order valence-corrected chi connectivity index (χ4v) is 0.693. The number of carboxylic acid groups (broad SMARTS) is 1. The molecule has 3 nitrogen and oxygen atoms in total. The Balaban J connectivity index is 0.000000310. The number of hydrogen-bond donors (Lipinski definition) is 1. The first-order valence-corrected chi connectivity index (χ1v) is 3.90. The Kier molecular flexibility index (Phi) is 5.55. The van der Waals surface area contributed by atoms with Crippen LogP contribution in [0.5, 0.6) is 0 Å². The summed E-state index contributed by atoms with van der Waals surface area (Å²) in [6, 6.07) is 7.84. The van der Waals surface area contributed by atoms with E-state index >= 15 is 0 Å². The van der Waals surface area contributed by atoms with Crippen LogP contribution in [0.2, 0.25) is 0 Å². The molecule has 0 aliphatic heterocycles. The minimum Gasteiger partial charge on any atom is -0.550 e. The maximum Gasteiger partial charge on any atom is 0.0681 e. The number of carbonyl (C=O) groups is 1. The van der Waals surface area contributed by atoms with E-state index in [0.717, 1.165) is 12.5 Å². The molecule has 0 atom stereocenters. The van der Waals surface area contributed by atoms with Gasteiger partial charge < -0.3 is 15.0 Å². The van der Waals surface area contributed by atoms with Crippen LogP contribution >= 0.6 is 0 Å². The molecule has 0 radical (unpaired) electrons. The molecule has 0 spiro atoms. The van der Waals surface area contributed by atoms with Gasteiger partial charge >= 0.3 is 0 Å². The van der Waals surface area contributed by atoms with Crippen molar-refractivity contribution in [2.45, 2.75) is 20.5 Å². The highest BCUT2D eigenvalue weighted by Crippen LogP contribution is 2.01. The fourth-order valence-electron chi connectivity index (χ4n) is 0.693. The molecule has 1 N–H and O–H groups in total. The van der Waals surface area contributed by atoms with Gasteiger partial charge in [-0.25, -0.2) is 0 Å². The topological polar surface area (TPSA) is 60.4 Å². The zero-order valence-electron chi connectivity index (χ0n) is 7.78. The zero-order chi connectivity index (χ0) is 10.3. The van der Waals surface area contributed by atoms with Gasteiger partial charge in [0.05, 0.1) is 6.61 Å². The van der Waals surface area contributed by atoms with Crippen LogP contribution in [0.4, 0.5) is 0 Å². The van der Waals surface area contributed by atoms with Crippen LogP contribution in [0.15, 0.2) is 24.3 Å². The predicted octanol–water partition coefficient (Wildman–Crippen LogP) is 0.244. The molecule has 72 valence electrons. The van der Waals surface area contributed by atoms with E-state index in [1.807, 2.05) is 31.2 Å². The van der Waals surface area contributed by atoms with Gasteiger partial charge in [0.15, 0.2) is 0 Å². The van der Waals surface area contributed by atoms with Crippen LogP contribution in [0.3, 0.4) is 0 Å². The third kappa shape index (κ3) is 7.03. The lowest BCUT2D eigenvalue weighted by Crippen LogP contribution is -2.16. The first-order chi connectivity index (χ1) is 6.06. The highest BCUT2D eigenvalue weighted by Gasteiger charge is 1.85. The molecular formula is C10H13O3-. The number of aryl methyl sites for hydroxylation is 1. The number of benzene rings is 1. The molecule has 1 rings (SSSR count). The van der Waals surface area contributed by atoms with Crippen molar-refractivity contribution in [3.63, 3.8) is 0 Å². The van der Waals surface area contributed by atoms with E-state index in [1.165, 1.54) is 5.56 Å². The van der Waals surface area contributed by atoms with Crippen molar-refractivity contribution in [2.75, 3.05) is 0 Å². The van der Waals surface area contributed by atoms with E-state index < -0.39 is 5.97 Å². The van der Waals surface area contributed by atoms with Crippen LogP contribution in [0.25, 0.3) is 0 Å². The van der Waals surface area contributed by atoms with E-state index in [2.05, 4.69) is 0 Å². The SMILES string of the molecule is CC(=O)[O-].Cc1ccc(CO)cc1. The summed E-state index contributed by atoms with van der Waals surface area (Å²) in [5, 5.41) is 17.5. The van der Waals surface area contributed by atoms with Gasteiger partial charge in [-0.3, -0.25) is 0 Å². The Labute approximate surface area is 77.6 Å². The van der Waals surface area contributed by atoms with Gasteiger partial charge in [0, 0.05) is 5.97 Å². The molecule has 0 aliphatic rings. The first-order valence-electron chi connectivity index (χ1n) is 3.90. The number of hydrogen-bond acceptors (Lipinski definition) is 3. The van der Waals surface area contributed by atoms with Crippen molar-refractivity contribution in [3.8, 4) is 0 Å². The van der Waals surface area contributed by atoms with Crippen LogP contribution in [0, 0.1) is 6.92 Å². The van der Waals surface area contributed by atoms with E-state index in [1.54, 1.807) is 0 Å². The number of carbonyl (C=O) groups excluding carboxylic acids is 1. The van der Waals surface area contributed by atoms with Gasteiger partial charge in [-0.1, -0.05) is 29.8 Å². The Morgan fingerprint density at radius 2 is 1.77 bits per heavy atom. The minimum atomic E-state index is -1.08. The third-order valence-electron chi connectivity index (χ3n) is 1.30. The van der Waals surface area contributed by atoms with Crippen LogP contribution in [-0.4, -0.2) is 11.1 Å². The number of aliphatic hydroxyl groups excluding tert-OH is 1. The van der Waals surface area contributed by atoms with E-state index in [4.69, 9.17) is 15.0 Å². The number of aliphatic hydroxyl groups is 1. The normalized spacial score (nSPS) is 8.54. The summed E-state index contributed by atoms with van der Waals surface area (Å²) in [5.41, 5.74) is 2.20. The molecule has 0 saturated heterocycles. The molecule has 0 aromatic heterocycles. The highest BCUT2D eigenvalue weighted by atomic mass is 16.4. The molecule has 1 aromatic carbocycles. The summed E-state index contributed by atoms with van der Waals surface area (Å²) >= 11 is 0. The summed E-state index contributed by atoms with van der Waals surface area (Å²) in [4.78, 5) is 8.89. The second kappa shape index (κ2) is 6.20. The molecule has 3 heteroatoms. The maximum atomic E-state index is 8.89. The fraction of sp³-hybridized carbons (Fsp3) is 0.300. The summed E-state index contributed by atoms with van der Waals surface area (Å²) in [7, 11) is 0. The van der Waals surface area contributed by atoms with Crippen molar-refractivity contribution in [1.29, 1.82) is 0 Å². The second-order valence-electron chi connectivity index (χ2n) is 2.64. The van der Waals surface area contributed by atoms with Gasteiger partial charge in [0.2, 0.25) is 0 Å². The van der Waals surface area contributed by atoms with Gasteiger partial charge in [0.25, 0.3) is 0 Å². The van der Waals surface area contributed by atoms with Crippen LogP contribution in [-0.2, 0) is 11.4 Å². The third-order valence-corrected chi connectivity index (χ3v) is 1.30. The molecule has 1 aromatic rings. The molecule has 0 heterocycles. The molecule has 0 fully saturated rings. The Morgan fingerprint density at radius 3 is 2.08 bits per heavy atom. The summed E-state index contributed by atoms with van der Waals surface area (Å²) in [5.74, 6) is -1.08. The second-order valence-corrected chi connectivity index (χ2v) is 2.64. The number of carboxylic acids is 1. The van der Waals surface area contributed by atoms with Crippen LogP contribution < -0.4 is 5.11 Å². The van der Waals surface area contributed by atoms with Crippen molar-refractivity contribution in [1.82, 2.24) is 0 Å². The smallest absolute Gasteiger partial charge is 0.0681 e. The first kappa shape index (κ1) is 11.6. The molecule has 0 amide bonds. The van der Waals surface area contributed by atoms with Crippen molar-refractivity contribution >= 4 is 5.97 Å². The number of aliphatic carboxylic acids is 1. The Morgan fingerprint density at radius 1 is 1.38 bits per heavy atom. The minimum absolute atomic E-state index is 0.139. The molecule has 0 aliphatic carbocycles. The molecule has 0 unspecified atom stereocenters. The van der Waals surface area contributed by atoms with E-state index in [-0.39, 0.29) is 6.61 Å². The zero-order valence-corrected chi connectivity index (χ0v) is 7.78. The van der Waals surface area contributed by atoms with E-state index in [0.29, 0.717) is 0 Å². The average molecular weight is 181 g/mol. The summed E-state index contributed by atoms with van der Waals surface area (Å²) < 4.78 is 0. The lowest BCUT2D eigenvalue weighted by atomic mass is 10.2. The highest BCUT2D eigenvalue weighted by molar-refractivity contribution is 5.60. The largest absolute Gasteiger partial charge is 0.550 e.